The lowest BCUT2D eigenvalue weighted by molar-refractivity contribution is 0.273. The topological polar surface area (TPSA) is 30.5 Å². The minimum Gasteiger partial charge on any atom is -0.494 e. The zero-order valence-electron chi connectivity index (χ0n) is 11.0. The van der Waals surface area contributed by atoms with E-state index in [4.69, 9.17) is 9.47 Å². The van der Waals surface area contributed by atoms with Crippen molar-refractivity contribution in [3.8, 4) is 11.5 Å². The molecule has 0 aliphatic carbocycles. The number of nitrogens with one attached hydrogen (secondary N) is 1. The SMILES string of the molecule is CCCNC(C)COc1ccc(OCC)cc1. The Hall–Kier alpha value is -1.22. The van der Waals surface area contributed by atoms with Crippen LogP contribution in [0.2, 0.25) is 0 Å². The van der Waals surface area contributed by atoms with Gasteiger partial charge in [0.25, 0.3) is 0 Å². The first-order chi connectivity index (χ1) is 8.26. The second-order valence-corrected chi connectivity index (χ2v) is 4.07. The zero-order chi connectivity index (χ0) is 12.5. The second-order valence-electron chi connectivity index (χ2n) is 4.07. The van der Waals surface area contributed by atoms with Gasteiger partial charge in [0.1, 0.15) is 18.1 Å². The van der Waals surface area contributed by atoms with Crippen LogP contribution < -0.4 is 14.8 Å². The summed E-state index contributed by atoms with van der Waals surface area (Å²) < 4.78 is 11.1. The summed E-state index contributed by atoms with van der Waals surface area (Å²) >= 11 is 0. The molecule has 17 heavy (non-hydrogen) atoms. The lowest BCUT2D eigenvalue weighted by Crippen LogP contribution is -2.32. The molecule has 96 valence electrons. The molecule has 0 aromatic heterocycles. The molecule has 0 bridgehead atoms. The van der Waals surface area contributed by atoms with E-state index in [0.29, 0.717) is 19.3 Å². The third kappa shape index (κ3) is 5.59. The van der Waals surface area contributed by atoms with Crippen LogP contribution in [0.4, 0.5) is 0 Å². The summed E-state index contributed by atoms with van der Waals surface area (Å²) in [6.07, 6.45) is 1.15. The summed E-state index contributed by atoms with van der Waals surface area (Å²) in [7, 11) is 0. The van der Waals surface area contributed by atoms with Crippen molar-refractivity contribution in [2.24, 2.45) is 0 Å². The molecule has 0 aliphatic heterocycles. The van der Waals surface area contributed by atoms with Crippen molar-refractivity contribution in [1.29, 1.82) is 0 Å². The Kier molecular flexibility index (Phi) is 6.48. The molecule has 0 aliphatic rings. The molecule has 1 N–H and O–H groups in total. The summed E-state index contributed by atoms with van der Waals surface area (Å²) in [4.78, 5) is 0. The average Bonchev–Trinajstić information content (AvgIpc) is 2.36. The van der Waals surface area contributed by atoms with Crippen LogP contribution in [0.3, 0.4) is 0 Å². The van der Waals surface area contributed by atoms with Crippen molar-refractivity contribution >= 4 is 0 Å². The molecule has 0 fully saturated rings. The van der Waals surface area contributed by atoms with Crippen LogP contribution in [0.5, 0.6) is 11.5 Å². The fourth-order valence-electron chi connectivity index (χ4n) is 1.47. The zero-order valence-corrected chi connectivity index (χ0v) is 11.0. The number of hydrogen-bond donors (Lipinski definition) is 1. The Morgan fingerprint density at radius 1 is 1.06 bits per heavy atom. The molecule has 0 spiro atoms. The minimum atomic E-state index is 0.376. The van der Waals surface area contributed by atoms with Crippen LogP contribution in [0.15, 0.2) is 24.3 Å². The van der Waals surface area contributed by atoms with Gasteiger partial charge in [-0.25, -0.2) is 0 Å². The van der Waals surface area contributed by atoms with Crippen molar-refractivity contribution in [1.82, 2.24) is 5.32 Å². The lowest BCUT2D eigenvalue weighted by atomic mass is 10.3. The molecule has 1 aromatic rings. The maximum atomic E-state index is 5.68. The van der Waals surface area contributed by atoms with Gasteiger partial charge >= 0.3 is 0 Å². The molecule has 0 radical (unpaired) electrons. The summed E-state index contributed by atoms with van der Waals surface area (Å²) in [5.41, 5.74) is 0. The van der Waals surface area contributed by atoms with Crippen LogP contribution in [0, 0.1) is 0 Å². The highest BCUT2D eigenvalue weighted by Crippen LogP contribution is 2.17. The molecule has 3 heteroatoms. The van der Waals surface area contributed by atoms with E-state index in [1.165, 1.54) is 0 Å². The monoisotopic (exact) mass is 237 g/mol. The van der Waals surface area contributed by atoms with Gasteiger partial charge in [-0.15, -0.1) is 0 Å². The fraction of sp³-hybridized carbons (Fsp3) is 0.571. The van der Waals surface area contributed by atoms with Gasteiger partial charge in [-0.3, -0.25) is 0 Å². The smallest absolute Gasteiger partial charge is 0.119 e. The van der Waals surface area contributed by atoms with E-state index in [1.807, 2.05) is 31.2 Å². The summed E-state index contributed by atoms with van der Waals surface area (Å²) in [5, 5.41) is 3.38. The average molecular weight is 237 g/mol. The van der Waals surface area contributed by atoms with Gasteiger partial charge in [0.05, 0.1) is 6.61 Å². The lowest BCUT2D eigenvalue weighted by Gasteiger charge is -2.14. The van der Waals surface area contributed by atoms with Crippen LogP contribution in [0.1, 0.15) is 27.2 Å². The Morgan fingerprint density at radius 3 is 2.18 bits per heavy atom. The fourth-order valence-corrected chi connectivity index (χ4v) is 1.47. The van der Waals surface area contributed by atoms with Gasteiger partial charge in [0, 0.05) is 6.04 Å². The largest absolute Gasteiger partial charge is 0.494 e. The highest BCUT2D eigenvalue weighted by Gasteiger charge is 2.01. The van der Waals surface area contributed by atoms with Crippen LogP contribution in [-0.4, -0.2) is 25.8 Å². The van der Waals surface area contributed by atoms with Gasteiger partial charge in [-0.2, -0.15) is 0 Å². The highest BCUT2D eigenvalue weighted by molar-refractivity contribution is 5.31. The van der Waals surface area contributed by atoms with Gasteiger partial charge in [-0.05, 0) is 51.1 Å². The van der Waals surface area contributed by atoms with E-state index in [2.05, 4.69) is 19.2 Å². The predicted molar refractivity (Wildman–Crippen MR) is 70.9 cm³/mol. The first-order valence-corrected chi connectivity index (χ1v) is 6.35. The van der Waals surface area contributed by atoms with Crippen molar-refractivity contribution < 1.29 is 9.47 Å². The van der Waals surface area contributed by atoms with Crippen molar-refractivity contribution in [2.75, 3.05) is 19.8 Å². The quantitative estimate of drug-likeness (QED) is 0.754. The molecule has 0 heterocycles. The minimum absolute atomic E-state index is 0.376. The molecule has 1 aromatic carbocycles. The van der Waals surface area contributed by atoms with E-state index in [1.54, 1.807) is 0 Å². The van der Waals surface area contributed by atoms with E-state index >= 15 is 0 Å². The molecule has 0 saturated carbocycles. The van der Waals surface area contributed by atoms with E-state index in [9.17, 15) is 0 Å². The van der Waals surface area contributed by atoms with Crippen LogP contribution in [0.25, 0.3) is 0 Å². The summed E-state index contributed by atoms with van der Waals surface area (Å²) in [6.45, 7) is 8.68. The molecule has 0 amide bonds. The summed E-state index contributed by atoms with van der Waals surface area (Å²) in [6, 6.07) is 8.13. The van der Waals surface area contributed by atoms with Crippen LogP contribution in [-0.2, 0) is 0 Å². The van der Waals surface area contributed by atoms with E-state index < -0.39 is 0 Å². The Labute approximate surface area is 104 Å². The molecule has 3 nitrogen and oxygen atoms in total. The number of rotatable bonds is 8. The first-order valence-electron chi connectivity index (χ1n) is 6.35. The predicted octanol–water partition coefficient (Wildman–Crippen LogP) is 2.85. The standard InChI is InChI=1S/C14H23NO2/c1-4-10-15-12(3)11-17-14-8-6-13(7-9-14)16-5-2/h6-9,12,15H,4-5,10-11H2,1-3H3. The van der Waals surface area contributed by atoms with Crippen molar-refractivity contribution in [3.05, 3.63) is 24.3 Å². The first kappa shape index (κ1) is 13.8. The Morgan fingerprint density at radius 2 is 1.65 bits per heavy atom. The van der Waals surface area contributed by atoms with Crippen LogP contribution >= 0.6 is 0 Å². The van der Waals surface area contributed by atoms with Gasteiger partial charge < -0.3 is 14.8 Å². The molecule has 0 saturated heterocycles. The third-order valence-electron chi connectivity index (χ3n) is 2.38. The van der Waals surface area contributed by atoms with Crippen molar-refractivity contribution in [3.63, 3.8) is 0 Å². The molecule has 1 unspecified atom stereocenters. The number of hydrogen-bond acceptors (Lipinski definition) is 3. The van der Waals surface area contributed by atoms with E-state index in [0.717, 1.165) is 24.5 Å². The second kappa shape index (κ2) is 7.96. The maximum Gasteiger partial charge on any atom is 0.119 e. The highest BCUT2D eigenvalue weighted by atomic mass is 16.5. The molecule has 1 atom stereocenters. The molecular weight excluding hydrogens is 214 g/mol. The van der Waals surface area contributed by atoms with E-state index in [-0.39, 0.29) is 0 Å². The molecular formula is C14H23NO2. The number of benzene rings is 1. The summed E-state index contributed by atoms with van der Waals surface area (Å²) in [5.74, 6) is 1.77. The van der Waals surface area contributed by atoms with Crippen molar-refractivity contribution in [2.45, 2.75) is 33.2 Å². The third-order valence-corrected chi connectivity index (χ3v) is 2.38. The Bertz CT molecular complexity index is 298. The van der Waals surface area contributed by atoms with Gasteiger partial charge in [-0.1, -0.05) is 6.92 Å². The van der Waals surface area contributed by atoms with Gasteiger partial charge in [0.15, 0.2) is 0 Å². The number of ether oxygens (including phenoxy) is 2. The Balaban J connectivity index is 2.31. The molecule has 1 rings (SSSR count). The maximum absolute atomic E-state index is 5.68. The normalized spacial score (nSPS) is 12.2. The van der Waals surface area contributed by atoms with Gasteiger partial charge in [0.2, 0.25) is 0 Å².